The third kappa shape index (κ3) is 3.88. The van der Waals surface area contributed by atoms with Gasteiger partial charge in [-0.3, -0.25) is 0 Å². The maximum atomic E-state index is 12.9. The molecule has 1 nitrogen and oxygen atoms in total. The first kappa shape index (κ1) is 13.2. The van der Waals surface area contributed by atoms with E-state index in [4.69, 9.17) is 0 Å². The molecule has 2 aromatic rings. The first-order valence-electron chi connectivity index (χ1n) is 5.04. The SMILES string of the molecule is Fc1cccc(CNCc2cc(Br)c(Br)s2)c1. The highest BCUT2D eigenvalue weighted by molar-refractivity contribution is 9.13. The minimum atomic E-state index is -0.189. The van der Waals surface area contributed by atoms with Crippen LogP contribution in [0.25, 0.3) is 0 Å². The Kier molecular flexibility index (Phi) is 4.73. The molecule has 0 radical (unpaired) electrons. The lowest BCUT2D eigenvalue weighted by Crippen LogP contribution is -2.11. The largest absolute Gasteiger partial charge is 0.308 e. The fourth-order valence-corrected chi connectivity index (χ4v) is 3.60. The van der Waals surface area contributed by atoms with Crippen LogP contribution in [0.1, 0.15) is 10.4 Å². The number of hydrogen-bond acceptors (Lipinski definition) is 2. The van der Waals surface area contributed by atoms with Crippen LogP contribution in [0.3, 0.4) is 0 Å². The number of halogens is 3. The van der Waals surface area contributed by atoms with Gasteiger partial charge in [0.1, 0.15) is 5.82 Å². The third-order valence-electron chi connectivity index (χ3n) is 2.21. The Morgan fingerprint density at radius 2 is 2.00 bits per heavy atom. The monoisotopic (exact) mass is 377 g/mol. The molecule has 0 fully saturated rings. The van der Waals surface area contributed by atoms with Gasteiger partial charge in [-0.15, -0.1) is 11.3 Å². The molecule has 1 aromatic heterocycles. The fraction of sp³-hybridized carbons (Fsp3) is 0.167. The Morgan fingerprint density at radius 3 is 2.65 bits per heavy atom. The first-order valence-corrected chi connectivity index (χ1v) is 7.44. The molecule has 0 unspecified atom stereocenters. The van der Waals surface area contributed by atoms with Crippen LogP contribution >= 0.6 is 43.2 Å². The molecule has 1 aromatic carbocycles. The summed E-state index contributed by atoms with van der Waals surface area (Å²) in [5.74, 6) is -0.189. The minimum Gasteiger partial charge on any atom is -0.308 e. The number of benzene rings is 1. The molecular formula is C12H10Br2FNS. The third-order valence-corrected chi connectivity index (χ3v) is 5.47. The van der Waals surface area contributed by atoms with Gasteiger partial charge < -0.3 is 5.32 Å². The van der Waals surface area contributed by atoms with Crippen molar-refractivity contribution in [2.45, 2.75) is 13.1 Å². The molecule has 0 atom stereocenters. The molecule has 0 aliphatic rings. The molecule has 1 N–H and O–H groups in total. The van der Waals surface area contributed by atoms with E-state index in [9.17, 15) is 4.39 Å². The van der Waals surface area contributed by atoms with E-state index in [1.165, 1.54) is 10.9 Å². The molecule has 2 rings (SSSR count). The highest BCUT2D eigenvalue weighted by atomic mass is 79.9. The minimum absolute atomic E-state index is 0.189. The Hall–Kier alpha value is -0.230. The van der Waals surface area contributed by atoms with E-state index in [2.05, 4.69) is 43.2 Å². The van der Waals surface area contributed by atoms with E-state index in [0.717, 1.165) is 20.4 Å². The van der Waals surface area contributed by atoms with Crippen molar-refractivity contribution in [3.63, 3.8) is 0 Å². The lowest BCUT2D eigenvalue weighted by Gasteiger charge is -2.03. The van der Waals surface area contributed by atoms with Crippen molar-refractivity contribution < 1.29 is 4.39 Å². The Balaban J connectivity index is 1.87. The summed E-state index contributed by atoms with van der Waals surface area (Å²) >= 11 is 8.59. The topological polar surface area (TPSA) is 12.0 Å². The van der Waals surface area contributed by atoms with Crippen LogP contribution < -0.4 is 5.32 Å². The van der Waals surface area contributed by atoms with Gasteiger partial charge in [0.05, 0.1) is 3.79 Å². The van der Waals surface area contributed by atoms with Crippen LogP contribution in [-0.2, 0) is 13.1 Å². The first-order chi connectivity index (χ1) is 8.15. The van der Waals surface area contributed by atoms with E-state index in [1.807, 2.05) is 6.07 Å². The Bertz CT molecular complexity index is 493. The molecule has 0 amide bonds. The molecule has 17 heavy (non-hydrogen) atoms. The van der Waals surface area contributed by atoms with Crippen molar-refractivity contribution in [1.82, 2.24) is 5.32 Å². The second-order valence-electron chi connectivity index (χ2n) is 3.57. The summed E-state index contributed by atoms with van der Waals surface area (Å²) in [4.78, 5) is 1.24. The van der Waals surface area contributed by atoms with Crippen molar-refractivity contribution in [2.24, 2.45) is 0 Å². The van der Waals surface area contributed by atoms with E-state index >= 15 is 0 Å². The Morgan fingerprint density at radius 1 is 1.18 bits per heavy atom. The van der Waals surface area contributed by atoms with Crippen LogP contribution in [0.2, 0.25) is 0 Å². The predicted molar refractivity (Wildman–Crippen MR) is 76.7 cm³/mol. The van der Waals surface area contributed by atoms with Crippen molar-refractivity contribution >= 4 is 43.2 Å². The Labute approximate surface area is 120 Å². The molecule has 1 heterocycles. The van der Waals surface area contributed by atoms with Crippen molar-refractivity contribution in [1.29, 1.82) is 0 Å². The standard InChI is InChI=1S/C12H10Br2FNS/c13-11-5-10(17-12(11)14)7-16-6-8-2-1-3-9(15)4-8/h1-5,16H,6-7H2. The zero-order chi connectivity index (χ0) is 12.3. The zero-order valence-electron chi connectivity index (χ0n) is 8.84. The van der Waals surface area contributed by atoms with Gasteiger partial charge in [0.25, 0.3) is 0 Å². The predicted octanol–water partition coefficient (Wildman–Crippen LogP) is 4.70. The molecule has 0 aliphatic carbocycles. The molecule has 0 spiro atoms. The van der Waals surface area contributed by atoms with Crippen molar-refractivity contribution in [2.75, 3.05) is 0 Å². The summed E-state index contributed by atoms with van der Waals surface area (Å²) in [5, 5.41) is 3.29. The molecule has 0 bridgehead atoms. The quantitative estimate of drug-likeness (QED) is 0.812. The molecule has 0 aliphatic heterocycles. The van der Waals surface area contributed by atoms with Gasteiger partial charge >= 0.3 is 0 Å². The highest BCUT2D eigenvalue weighted by Crippen LogP contribution is 2.32. The average Bonchev–Trinajstić information content (AvgIpc) is 2.58. The number of nitrogens with one attached hydrogen (secondary N) is 1. The second-order valence-corrected chi connectivity index (χ2v) is 6.88. The van der Waals surface area contributed by atoms with Crippen LogP contribution in [0, 0.1) is 5.82 Å². The molecule has 5 heteroatoms. The van der Waals surface area contributed by atoms with Crippen molar-refractivity contribution in [3.05, 3.63) is 54.8 Å². The smallest absolute Gasteiger partial charge is 0.123 e. The summed E-state index contributed by atoms with van der Waals surface area (Å²) < 4.78 is 15.1. The van der Waals surface area contributed by atoms with E-state index in [0.29, 0.717) is 6.54 Å². The van der Waals surface area contributed by atoms with E-state index in [1.54, 1.807) is 23.5 Å². The molecule has 0 saturated heterocycles. The van der Waals surface area contributed by atoms with Gasteiger partial charge in [-0.1, -0.05) is 12.1 Å². The number of hydrogen-bond donors (Lipinski definition) is 1. The molecular weight excluding hydrogens is 369 g/mol. The van der Waals surface area contributed by atoms with E-state index in [-0.39, 0.29) is 5.82 Å². The average molecular weight is 379 g/mol. The van der Waals surface area contributed by atoms with Crippen molar-refractivity contribution in [3.8, 4) is 0 Å². The fourth-order valence-electron chi connectivity index (χ4n) is 1.46. The molecule has 0 saturated carbocycles. The van der Waals surface area contributed by atoms with Crippen LogP contribution in [-0.4, -0.2) is 0 Å². The maximum absolute atomic E-state index is 12.9. The van der Waals surface area contributed by atoms with Gasteiger partial charge in [0, 0.05) is 22.4 Å². The zero-order valence-corrected chi connectivity index (χ0v) is 12.8. The number of rotatable bonds is 4. The van der Waals surface area contributed by atoms with Gasteiger partial charge in [-0.25, -0.2) is 4.39 Å². The van der Waals surface area contributed by atoms with Gasteiger partial charge in [0.15, 0.2) is 0 Å². The van der Waals surface area contributed by atoms with E-state index < -0.39 is 0 Å². The lowest BCUT2D eigenvalue weighted by molar-refractivity contribution is 0.620. The normalized spacial score (nSPS) is 10.8. The highest BCUT2D eigenvalue weighted by Gasteiger charge is 2.03. The van der Waals surface area contributed by atoms with Crippen LogP contribution in [0.15, 0.2) is 38.6 Å². The van der Waals surface area contributed by atoms with Crippen LogP contribution in [0.5, 0.6) is 0 Å². The van der Waals surface area contributed by atoms with Gasteiger partial charge in [-0.2, -0.15) is 0 Å². The summed E-state index contributed by atoms with van der Waals surface area (Å²) in [6.07, 6.45) is 0. The summed E-state index contributed by atoms with van der Waals surface area (Å²) in [6.45, 7) is 1.45. The summed E-state index contributed by atoms with van der Waals surface area (Å²) in [7, 11) is 0. The lowest BCUT2D eigenvalue weighted by atomic mass is 10.2. The van der Waals surface area contributed by atoms with Gasteiger partial charge in [-0.05, 0) is 55.6 Å². The summed E-state index contributed by atoms with van der Waals surface area (Å²) in [5.41, 5.74) is 0.958. The summed E-state index contributed by atoms with van der Waals surface area (Å²) in [6, 6.07) is 8.72. The van der Waals surface area contributed by atoms with Gasteiger partial charge in [0.2, 0.25) is 0 Å². The maximum Gasteiger partial charge on any atom is 0.123 e. The number of thiophene rings is 1. The van der Waals surface area contributed by atoms with Crippen LogP contribution in [0.4, 0.5) is 4.39 Å². The second kappa shape index (κ2) is 6.09. The molecule has 90 valence electrons.